The monoisotopic (exact) mass is 407 g/mol. The highest BCUT2D eigenvalue weighted by atomic mass is 32.2. The molecule has 1 aromatic heterocycles. The smallest absolute Gasteiger partial charge is 0.335 e. The maximum absolute atomic E-state index is 12.6. The molecule has 0 saturated heterocycles. The molecule has 2 rings (SSSR count). The molecule has 0 aliphatic heterocycles. The molecule has 1 heterocycles. The lowest BCUT2D eigenvalue weighted by atomic mass is 10.2. The van der Waals surface area contributed by atoms with Gasteiger partial charge in [-0.15, -0.1) is 0 Å². The molecule has 27 heavy (non-hydrogen) atoms. The van der Waals surface area contributed by atoms with Crippen LogP contribution in [0.15, 0.2) is 35.2 Å². The molecular weight excluding hydrogens is 390 g/mol. The molecule has 0 bridgehead atoms. The number of thiocyanates is 1. The zero-order chi connectivity index (χ0) is 19.9. The van der Waals surface area contributed by atoms with E-state index in [4.69, 9.17) is 10.00 Å². The van der Waals surface area contributed by atoms with Crippen molar-refractivity contribution in [2.75, 3.05) is 18.2 Å². The van der Waals surface area contributed by atoms with Gasteiger partial charge in [-0.1, -0.05) is 18.2 Å². The van der Waals surface area contributed by atoms with Crippen molar-refractivity contribution < 1.29 is 17.9 Å². The first kappa shape index (κ1) is 20.5. The standard InChI is InChI=1S/C16H17N5O4S2/c1-11-9-14(25-2)19-15(18-11)20-16(22)21-27(23,24)13-6-4-3-5-12(13)7-8-26-10-17/h3-6,9H,7-8H2,1-2H3,(H2,18,19,20,21,22). The highest BCUT2D eigenvalue weighted by molar-refractivity contribution is 8.03. The molecule has 0 aliphatic carbocycles. The van der Waals surface area contributed by atoms with E-state index in [-0.39, 0.29) is 16.7 Å². The number of nitriles is 1. The number of anilines is 1. The molecule has 0 unspecified atom stereocenters. The fourth-order valence-electron chi connectivity index (χ4n) is 2.18. The Balaban J connectivity index is 2.15. The molecule has 2 aromatic rings. The Morgan fingerprint density at radius 2 is 2.07 bits per heavy atom. The van der Waals surface area contributed by atoms with Crippen LogP contribution in [0.2, 0.25) is 0 Å². The van der Waals surface area contributed by atoms with Crippen LogP contribution in [-0.4, -0.2) is 37.3 Å². The summed E-state index contributed by atoms with van der Waals surface area (Å²) < 4.78 is 32.1. The first-order valence-electron chi connectivity index (χ1n) is 7.68. The molecule has 0 aliphatic rings. The van der Waals surface area contributed by atoms with Crippen LogP contribution in [0.5, 0.6) is 5.88 Å². The van der Waals surface area contributed by atoms with E-state index in [1.807, 2.05) is 10.1 Å². The number of nitrogens with zero attached hydrogens (tertiary/aromatic N) is 3. The second kappa shape index (κ2) is 9.20. The summed E-state index contributed by atoms with van der Waals surface area (Å²) in [6.07, 6.45) is 0.370. The van der Waals surface area contributed by atoms with Crippen molar-refractivity contribution in [1.82, 2.24) is 14.7 Å². The van der Waals surface area contributed by atoms with Gasteiger partial charge in [-0.3, -0.25) is 5.32 Å². The number of benzene rings is 1. The van der Waals surface area contributed by atoms with E-state index in [2.05, 4.69) is 15.3 Å². The Morgan fingerprint density at radius 3 is 2.78 bits per heavy atom. The maximum Gasteiger partial charge on any atom is 0.335 e. The molecular formula is C16H17N5O4S2. The third kappa shape index (κ3) is 5.83. The Hall–Kier alpha value is -2.84. The topological polar surface area (TPSA) is 134 Å². The largest absolute Gasteiger partial charge is 0.481 e. The summed E-state index contributed by atoms with van der Waals surface area (Å²) in [5.41, 5.74) is 1.05. The van der Waals surface area contributed by atoms with E-state index in [1.54, 1.807) is 31.2 Å². The van der Waals surface area contributed by atoms with E-state index in [0.29, 0.717) is 23.4 Å². The van der Waals surface area contributed by atoms with Crippen molar-refractivity contribution in [1.29, 1.82) is 5.26 Å². The lowest BCUT2D eigenvalue weighted by Crippen LogP contribution is -2.35. The number of urea groups is 1. The number of aryl methyl sites for hydroxylation is 2. The molecule has 0 saturated carbocycles. The fraction of sp³-hybridized carbons (Fsp3) is 0.250. The first-order chi connectivity index (χ1) is 12.9. The van der Waals surface area contributed by atoms with Crippen molar-refractivity contribution >= 4 is 33.8 Å². The summed E-state index contributed by atoms with van der Waals surface area (Å²) in [6, 6.07) is 6.85. The summed E-state index contributed by atoms with van der Waals surface area (Å²) in [5, 5.41) is 12.8. The van der Waals surface area contributed by atoms with Crippen molar-refractivity contribution in [2.45, 2.75) is 18.2 Å². The van der Waals surface area contributed by atoms with Crippen LogP contribution in [0.4, 0.5) is 10.7 Å². The number of sulfonamides is 1. The molecule has 9 nitrogen and oxygen atoms in total. The van der Waals surface area contributed by atoms with Gasteiger partial charge in [-0.2, -0.15) is 10.2 Å². The minimum atomic E-state index is -4.11. The lowest BCUT2D eigenvalue weighted by Gasteiger charge is -2.12. The number of carbonyl (C=O) groups excluding carboxylic acids is 1. The van der Waals surface area contributed by atoms with E-state index in [9.17, 15) is 13.2 Å². The van der Waals surface area contributed by atoms with Gasteiger partial charge in [-0.25, -0.2) is 22.9 Å². The molecule has 142 valence electrons. The number of hydrogen-bond donors (Lipinski definition) is 2. The van der Waals surface area contributed by atoms with Gasteiger partial charge in [0.05, 0.1) is 12.0 Å². The van der Waals surface area contributed by atoms with Crippen LogP contribution < -0.4 is 14.8 Å². The van der Waals surface area contributed by atoms with Crippen molar-refractivity contribution in [2.24, 2.45) is 0 Å². The van der Waals surface area contributed by atoms with Crippen molar-refractivity contribution in [3.8, 4) is 11.3 Å². The van der Waals surface area contributed by atoms with E-state index < -0.39 is 16.1 Å². The molecule has 2 amide bonds. The maximum atomic E-state index is 12.6. The predicted molar refractivity (Wildman–Crippen MR) is 101 cm³/mol. The van der Waals surface area contributed by atoms with Crippen LogP contribution in [0.25, 0.3) is 0 Å². The molecule has 1 aromatic carbocycles. The average Bonchev–Trinajstić information content (AvgIpc) is 2.61. The van der Waals surface area contributed by atoms with Crippen molar-refractivity contribution in [3.05, 3.63) is 41.6 Å². The van der Waals surface area contributed by atoms with Gasteiger partial charge in [0.1, 0.15) is 5.40 Å². The quantitative estimate of drug-likeness (QED) is 0.526. The Kier molecular flexibility index (Phi) is 6.98. The Morgan fingerprint density at radius 1 is 1.33 bits per heavy atom. The number of hydrogen-bond acceptors (Lipinski definition) is 8. The van der Waals surface area contributed by atoms with Gasteiger partial charge < -0.3 is 4.74 Å². The van der Waals surface area contributed by atoms with Gasteiger partial charge in [-0.05, 0) is 36.7 Å². The van der Waals surface area contributed by atoms with Crippen LogP contribution in [0, 0.1) is 17.6 Å². The van der Waals surface area contributed by atoms with E-state index >= 15 is 0 Å². The first-order valence-corrected chi connectivity index (χ1v) is 10.1. The number of aromatic nitrogens is 2. The number of amides is 2. The second-order valence-electron chi connectivity index (χ2n) is 5.23. The lowest BCUT2D eigenvalue weighted by molar-refractivity contribution is 0.256. The third-order valence-electron chi connectivity index (χ3n) is 3.29. The van der Waals surface area contributed by atoms with E-state index in [1.165, 1.54) is 13.2 Å². The minimum Gasteiger partial charge on any atom is -0.481 e. The van der Waals surface area contributed by atoms with Gasteiger partial charge in [0.25, 0.3) is 10.0 Å². The molecule has 0 fully saturated rings. The number of ether oxygens (including phenoxy) is 1. The van der Waals surface area contributed by atoms with Gasteiger partial charge in [0, 0.05) is 17.5 Å². The summed E-state index contributed by atoms with van der Waals surface area (Å²) in [5.74, 6) is 0.589. The van der Waals surface area contributed by atoms with Gasteiger partial charge >= 0.3 is 6.03 Å². The zero-order valence-electron chi connectivity index (χ0n) is 14.6. The molecule has 11 heteroatoms. The van der Waals surface area contributed by atoms with Crippen LogP contribution in [0.1, 0.15) is 11.3 Å². The number of nitrogens with one attached hydrogen (secondary N) is 2. The number of carbonyl (C=O) groups is 1. The summed E-state index contributed by atoms with van der Waals surface area (Å²) in [6.45, 7) is 1.68. The highest BCUT2D eigenvalue weighted by Gasteiger charge is 2.21. The van der Waals surface area contributed by atoms with Gasteiger partial charge in [0.2, 0.25) is 11.8 Å². The van der Waals surface area contributed by atoms with Crippen molar-refractivity contribution in [3.63, 3.8) is 0 Å². The second-order valence-corrected chi connectivity index (χ2v) is 7.76. The molecule has 2 N–H and O–H groups in total. The van der Waals surface area contributed by atoms with Crippen LogP contribution in [-0.2, 0) is 16.4 Å². The molecule has 0 atom stereocenters. The van der Waals surface area contributed by atoms with E-state index in [0.717, 1.165) is 11.8 Å². The molecule has 0 radical (unpaired) electrons. The van der Waals surface area contributed by atoms with Crippen LogP contribution in [0.3, 0.4) is 0 Å². The average molecular weight is 407 g/mol. The van der Waals surface area contributed by atoms with Gasteiger partial charge in [0.15, 0.2) is 0 Å². The highest BCUT2D eigenvalue weighted by Crippen LogP contribution is 2.18. The summed E-state index contributed by atoms with van der Waals surface area (Å²) in [7, 11) is -2.70. The molecule has 0 spiro atoms. The fourth-order valence-corrected chi connectivity index (χ4v) is 3.77. The third-order valence-corrected chi connectivity index (χ3v) is 5.26. The predicted octanol–water partition coefficient (Wildman–Crippen LogP) is 2.06. The summed E-state index contributed by atoms with van der Waals surface area (Å²) in [4.78, 5) is 20.0. The minimum absolute atomic E-state index is 0.0265. The number of methoxy groups -OCH3 is 1. The normalized spacial score (nSPS) is 10.7. The SMILES string of the molecule is COc1cc(C)nc(NC(=O)NS(=O)(=O)c2ccccc2CCSC#N)n1. The number of rotatable bonds is 7. The Bertz CT molecular complexity index is 973. The zero-order valence-corrected chi connectivity index (χ0v) is 16.2. The Labute approximate surface area is 161 Å². The summed E-state index contributed by atoms with van der Waals surface area (Å²) >= 11 is 1.03. The number of thioether (sulfide) groups is 1. The van der Waals surface area contributed by atoms with Crippen LogP contribution >= 0.6 is 11.8 Å².